The highest BCUT2D eigenvalue weighted by molar-refractivity contribution is 7.14. The van der Waals surface area contributed by atoms with Crippen LogP contribution in [0.2, 0.25) is 0 Å². The summed E-state index contributed by atoms with van der Waals surface area (Å²) in [5, 5.41) is 11.3. The molecule has 0 aliphatic rings. The lowest BCUT2D eigenvalue weighted by Gasteiger charge is -2.00. The Morgan fingerprint density at radius 2 is 2.26 bits per heavy atom. The summed E-state index contributed by atoms with van der Waals surface area (Å²) in [6.45, 7) is 0.0470. The molecule has 19 heavy (non-hydrogen) atoms. The van der Waals surface area contributed by atoms with Crippen molar-refractivity contribution in [3.63, 3.8) is 0 Å². The summed E-state index contributed by atoms with van der Waals surface area (Å²) in [6.07, 6.45) is 2.06. The molecule has 0 radical (unpaired) electrons. The van der Waals surface area contributed by atoms with Crippen molar-refractivity contribution in [3.8, 4) is 11.8 Å². The molecular formula is C14H12N2O2S. The van der Waals surface area contributed by atoms with Gasteiger partial charge < -0.3 is 10.4 Å². The molecule has 0 fully saturated rings. The lowest BCUT2D eigenvalue weighted by molar-refractivity contribution is 0.103. The summed E-state index contributed by atoms with van der Waals surface area (Å²) in [5.41, 5.74) is 0. The number of carbonyl (C=O) groups excluding carboxylic acids is 1. The Bertz CT molecular complexity index is 611. The third kappa shape index (κ3) is 3.91. The number of amides is 1. The Kier molecular flexibility index (Phi) is 4.67. The fourth-order valence-corrected chi connectivity index (χ4v) is 2.12. The van der Waals surface area contributed by atoms with E-state index < -0.39 is 0 Å². The lowest BCUT2D eigenvalue weighted by Crippen LogP contribution is -2.10. The maximum Gasteiger partial charge on any atom is 0.266 e. The Morgan fingerprint density at radius 3 is 3.00 bits per heavy atom. The van der Waals surface area contributed by atoms with E-state index in [4.69, 9.17) is 5.11 Å². The smallest absolute Gasteiger partial charge is 0.266 e. The highest BCUT2D eigenvalue weighted by Crippen LogP contribution is 2.16. The van der Waals surface area contributed by atoms with Crippen molar-refractivity contribution in [1.29, 1.82) is 0 Å². The molecule has 0 unspecified atom stereocenters. The number of anilines is 1. The van der Waals surface area contributed by atoms with Crippen molar-refractivity contribution in [3.05, 3.63) is 46.3 Å². The number of aliphatic hydroxyl groups is 1. The predicted octanol–water partition coefficient (Wildman–Crippen LogP) is 2.13. The van der Waals surface area contributed by atoms with E-state index in [2.05, 4.69) is 22.1 Å². The summed E-state index contributed by atoms with van der Waals surface area (Å²) >= 11 is 1.32. The molecule has 2 aromatic rings. The fraction of sp³-hybridized carbons (Fsp3) is 0.143. The summed E-state index contributed by atoms with van der Waals surface area (Å²) in [5.74, 6) is 6.04. The van der Waals surface area contributed by atoms with Crippen LogP contribution in [0.4, 0.5) is 5.82 Å². The molecule has 96 valence electrons. The van der Waals surface area contributed by atoms with Crippen molar-refractivity contribution in [1.82, 2.24) is 4.98 Å². The molecule has 0 saturated carbocycles. The number of aromatic nitrogens is 1. The van der Waals surface area contributed by atoms with Crippen LogP contribution in [-0.2, 0) is 0 Å². The number of thiophene rings is 1. The molecule has 5 heteroatoms. The molecule has 1 amide bonds. The minimum Gasteiger partial charge on any atom is -0.395 e. The van der Waals surface area contributed by atoms with E-state index in [1.54, 1.807) is 30.5 Å². The van der Waals surface area contributed by atoms with Crippen molar-refractivity contribution in [2.24, 2.45) is 0 Å². The molecule has 0 saturated heterocycles. The fourth-order valence-electron chi connectivity index (χ4n) is 1.35. The van der Waals surface area contributed by atoms with Gasteiger partial charge in [-0.25, -0.2) is 4.98 Å². The monoisotopic (exact) mass is 272 g/mol. The maximum atomic E-state index is 11.9. The van der Waals surface area contributed by atoms with Crippen LogP contribution >= 0.6 is 11.3 Å². The highest BCUT2D eigenvalue weighted by Gasteiger charge is 2.08. The number of pyridine rings is 1. The van der Waals surface area contributed by atoms with Crippen LogP contribution in [-0.4, -0.2) is 22.6 Å². The Balaban J connectivity index is 2.03. The van der Waals surface area contributed by atoms with E-state index in [0.29, 0.717) is 17.1 Å². The van der Waals surface area contributed by atoms with Gasteiger partial charge in [-0.3, -0.25) is 4.79 Å². The topological polar surface area (TPSA) is 62.2 Å². The summed E-state index contributed by atoms with van der Waals surface area (Å²) in [6, 6.07) is 8.85. The van der Waals surface area contributed by atoms with Gasteiger partial charge in [-0.2, -0.15) is 0 Å². The van der Waals surface area contributed by atoms with Gasteiger partial charge >= 0.3 is 0 Å². The number of nitrogens with one attached hydrogen (secondary N) is 1. The number of carbonyl (C=O) groups is 1. The first-order valence-electron chi connectivity index (χ1n) is 5.71. The zero-order valence-corrected chi connectivity index (χ0v) is 10.9. The minimum absolute atomic E-state index is 0.0470. The van der Waals surface area contributed by atoms with Crippen molar-refractivity contribution in [2.75, 3.05) is 11.9 Å². The first-order chi connectivity index (χ1) is 9.29. The predicted molar refractivity (Wildman–Crippen MR) is 75.1 cm³/mol. The highest BCUT2D eigenvalue weighted by atomic mass is 32.1. The van der Waals surface area contributed by atoms with E-state index in [1.165, 1.54) is 11.3 Å². The zero-order valence-electron chi connectivity index (χ0n) is 10.1. The van der Waals surface area contributed by atoms with Gasteiger partial charge in [-0.1, -0.05) is 17.9 Å². The van der Waals surface area contributed by atoms with Crippen molar-refractivity contribution >= 4 is 23.1 Å². The van der Waals surface area contributed by atoms with Crippen LogP contribution in [0.5, 0.6) is 0 Å². The van der Waals surface area contributed by atoms with Crippen molar-refractivity contribution < 1.29 is 9.90 Å². The van der Waals surface area contributed by atoms with E-state index >= 15 is 0 Å². The third-order valence-electron chi connectivity index (χ3n) is 2.18. The minimum atomic E-state index is -0.195. The maximum absolute atomic E-state index is 11.9. The standard InChI is InChI=1S/C14H12N2O2S/c17-10-4-2-5-11-7-8-12(19-11)14(18)16-13-6-1-3-9-15-13/h1,3,6-9,17H,4,10H2,(H,15,16,18). The molecular weight excluding hydrogens is 260 g/mol. The van der Waals surface area contributed by atoms with Gasteiger partial charge in [0.05, 0.1) is 16.4 Å². The zero-order chi connectivity index (χ0) is 13.5. The molecule has 4 nitrogen and oxygen atoms in total. The summed E-state index contributed by atoms with van der Waals surface area (Å²) in [7, 11) is 0. The SMILES string of the molecule is O=C(Nc1ccccn1)c1ccc(C#CCCO)s1. The third-order valence-corrected chi connectivity index (χ3v) is 3.18. The van der Waals surface area contributed by atoms with E-state index in [0.717, 1.165) is 4.88 Å². The number of hydrogen-bond donors (Lipinski definition) is 2. The van der Waals surface area contributed by atoms with Crippen LogP contribution in [0.25, 0.3) is 0 Å². The van der Waals surface area contributed by atoms with E-state index in [1.807, 2.05) is 6.07 Å². The molecule has 2 heterocycles. The average Bonchev–Trinajstić information content (AvgIpc) is 2.89. The van der Waals surface area contributed by atoms with Gasteiger partial charge in [0.25, 0.3) is 5.91 Å². The van der Waals surface area contributed by atoms with Gasteiger partial charge in [0.1, 0.15) is 5.82 Å². The first kappa shape index (κ1) is 13.3. The average molecular weight is 272 g/mol. The molecule has 0 aliphatic carbocycles. The quantitative estimate of drug-likeness (QED) is 0.841. The largest absolute Gasteiger partial charge is 0.395 e. The molecule has 0 aliphatic heterocycles. The molecule has 0 aromatic carbocycles. The Morgan fingerprint density at radius 1 is 1.37 bits per heavy atom. The second-order valence-corrected chi connectivity index (χ2v) is 4.69. The number of aliphatic hydroxyl groups excluding tert-OH is 1. The summed E-state index contributed by atoms with van der Waals surface area (Å²) in [4.78, 5) is 17.3. The van der Waals surface area contributed by atoms with Crippen LogP contribution in [0, 0.1) is 11.8 Å². The second-order valence-electron chi connectivity index (χ2n) is 3.61. The van der Waals surface area contributed by atoms with Crippen LogP contribution in [0.3, 0.4) is 0 Å². The van der Waals surface area contributed by atoms with Crippen molar-refractivity contribution in [2.45, 2.75) is 6.42 Å². The lowest BCUT2D eigenvalue weighted by atomic mass is 10.3. The van der Waals surface area contributed by atoms with E-state index in [-0.39, 0.29) is 12.5 Å². The molecule has 0 atom stereocenters. The molecule has 0 spiro atoms. The van der Waals surface area contributed by atoms with E-state index in [9.17, 15) is 4.79 Å². The van der Waals surface area contributed by atoms with Gasteiger partial charge in [0, 0.05) is 12.6 Å². The molecule has 2 rings (SSSR count). The number of hydrogen-bond acceptors (Lipinski definition) is 4. The van der Waals surface area contributed by atoms with Crippen LogP contribution in [0.15, 0.2) is 36.5 Å². The normalized spacial score (nSPS) is 9.53. The molecule has 0 bridgehead atoms. The first-order valence-corrected chi connectivity index (χ1v) is 6.53. The van der Waals surface area contributed by atoms with Gasteiger partial charge in [-0.05, 0) is 24.3 Å². The van der Waals surface area contributed by atoms with Crippen LogP contribution in [0.1, 0.15) is 21.0 Å². The number of rotatable bonds is 3. The van der Waals surface area contributed by atoms with Gasteiger partial charge in [-0.15, -0.1) is 11.3 Å². The Labute approximate surface area is 115 Å². The Hall–Kier alpha value is -2.16. The molecule has 2 N–H and O–H groups in total. The molecule has 2 aromatic heterocycles. The second kappa shape index (κ2) is 6.69. The summed E-state index contributed by atoms with van der Waals surface area (Å²) < 4.78 is 0. The number of nitrogens with zero attached hydrogens (tertiary/aromatic N) is 1. The van der Waals surface area contributed by atoms with Crippen LogP contribution < -0.4 is 5.32 Å². The van der Waals surface area contributed by atoms with Gasteiger partial charge in [0.15, 0.2) is 0 Å². The van der Waals surface area contributed by atoms with Gasteiger partial charge in [0.2, 0.25) is 0 Å².